The lowest BCUT2D eigenvalue weighted by Gasteiger charge is -2.09. The van der Waals surface area contributed by atoms with Crippen molar-refractivity contribution in [2.24, 2.45) is 5.10 Å². The van der Waals surface area contributed by atoms with Crippen LogP contribution in [0.3, 0.4) is 0 Å². The predicted molar refractivity (Wildman–Crippen MR) is 109 cm³/mol. The lowest BCUT2D eigenvalue weighted by Crippen LogP contribution is -2.19. The highest BCUT2D eigenvalue weighted by molar-refractivity contribution is 8.01. The fourth-order valence-electron chi connectivity index (χ4n) is 2.21. The van der Waals surface area contributed by atoms with E-state index in [2.05, 4.69) is 25.7 Å². The third-order valence-corrected chi connectivity index (χ3v) is 5.52. The molecule has 1 N–H and O–H groups in total. The lowest BCUT2D eigenvalue weighted by atomic mass is 10.2. The molecule has 144 valence electrons. The smallest absolute Gasteiger partial charge is 0.250 e. The molecule has 0 bridgehead atoms. The summed E-state index contributed by atoms with van der Waals surface area (Å²) in [5, 5.41) is 12.9. The number of hydrogen-bond acceptors (Lipinski definition) is 9. The molecule has 0 atom stereocenters. The van der Waals surface area contributed by atoms with Crippen molar-refractivity contribution in [3.63, 3.8) is 0 Å². The summed E-state index contributed by atoms with van der Waals surface area (Å²) in [5.41, 5.74) is 3.94. The Bertz CT molecular complexity index is 963. The standard InChI is InChI=1S/C18H17N5O3S2/c1-25-14-8-5-6-12(16(14)26-2)10-20-21-15(24)11-27-18-23-22-17(28-18)13-7-3-4-9-19-13/h3-10H,11H2,1-2H3,(H,21,24)/b20-10+. The third kappa shape index (κ3) is 5.05. The van der Waals surface area contributed by atoms with Gasteiger partial charge >= 0.3 is 0 Å². The number of benzene rings is 1. The maximum Gasteiger partial charge on any atom is 0.250 e. The van der Waals surface area contributed by atoms with Gasteiger partial charge in [0.25, 0.3) is 5.91 Å². The Hall–Kier alpha value is -2.98. The first-order valence-electron chi connectivity index (χ1n) is 8.12. The quantitative estimate of drug-likeness (QED) is 0.343. The summed E-state index contributed by atoms with van der Waals surface area (Å²) in [7, 11) is 3.11. The van der Waals surface area contributed by atoms with E-state index in [1.807, 2.05) is 30.3 Å². The van der Waals surface area contributed by atoms with Crippen LogP contribution in [0, 0.1) is 0 Å². The van der Waals surface area contributed by atoms with Crippen LogP contribution in [0.25, 0.3) is 10.7 Å². The number of pyridine rings is 1. The molecule has 0 saturated heterocycles. The van der Waals surface area contributed by atoms with Crippen molar-refractivity contribution in [1.29, 1.82) is 0 Å². The SMILES string of the molecule is COc1cccc(/C=N/NC(=O)CSc2nnc(-c3ccccn3)s2)c1OC. The monoisotopic (exact) mass is 415 g/mol. The second-order valence-corrected chi connectivity index (χ2v) is 7.45. The number of ether oxygens (including phenoxy) is 2. The zero-order valence-electron chi connectivity index (χ0n) is 15.2. The van der Waals surface area contributed by atoms with Crippen molar-refractivity contribution in [2.75, 3.05) is 20.0 Å². The molecule has 2 aromatic heterocycles. The molecule has 10 heteroatoms. The number of carbonyl (C=O) groups is 1. The van der Waals surface area contributed by atoms with Crippen LogP contribution in [0.4, 0.5) is 0 Å². The predicted octanol–water partition coefficient (Wildman–Crippen LogP) is 2.86. The van der Waals surface area contributed by atoms with Gasteiger partial charge < -0.3 is 9.47 Å². The number of hydrogen-bond donors (Lipinski definition) is 1. The number of rotatable bonds is 8. The van der Waals surface area contributed by atoms with Gasteiger partial charge in [0.15, 0.2) is 20.8 Å². The number of nitrogens with one attached hydrogen (secondary N) is 1. The van der Waals surface area contributed by atoms with E-state index < -0.39 is 0 Å². The van der Waals surface area contributed by atoms with Gasteiger partial charge in [0.1, 0.15) is 5.69 Å². The molecule has 0 fully saturated rings. The van der Waals surface area contributed by atoms with E-state index >= 15 is 0 Å². The van der Waals surface area contributed by atoms with Gasteiger partial charge in [-0.15, -0.1) is 10.2 Å². The number of aromatic nitrogens is 3. The molecular weight excluding hydrogens is 398 g/mol. The molecule has 1 amide bonds. The second kappa shape index (κ2) is 9.81. The number of carbonyl (C=O) groups excluding carboxylic acids is 1. The van der Waals surface area contributed by atoms with Crippen molar-refractivity contribution in [3.8, 4) is 22.2 Å². The van der Waals surface area contributed by atoms with Crippen LogP contribution in [-0.2, 0) is 4.79 Å². The van der Waals surface area contributed by atoms with Crippen LogP contribution in [0.15, 0.2) is 52.0 Å². The third-order valence-electron chi connectivity index (χ3n) is 3.44. The zero-order valence-corrected chi connectivity index (χ0v) is 16.8. The average Bonchev–Trinajstić information content (AvgIpc) is 3.21. The number of methoxy groups -OCH3 is 2. The van der Waals surface area contributed by atoms with Crippen LogP contribution in [0.1, 0.15) is 5.56 Å². The molecule has 3 rings (SSSR count). The molecule has 0 aliphatic heterocycles. The van der Waals surface area contributed by atoms with Crippen molar-refractivity contribution < 1.29 is 14.3 Å². The fourth-order valence-corrected chi connectivity index (χ4v) is 3.83. The van der Waals surface area contributed by atoms with Gasteiger partial charge in [-0.25, -0.2) is 5.43 Å². The minimum Gasteiger partial charge on any atom is -0.493 e. The molecule has 0 aliphatic carbocycles. The van der Waals surface area contributed by atoms with Crippen LogP contribution in [0.5, 0.6) is 11.5 Å². The van der Waals surface area contributed by atoms with Crippen LogP contribution >= 0.6 is 23.1 Å². The van der Waals surface area contributed by atoms with Gasteiger partial charge in [0.2, 0.25) is 0 Å². The Morgan fingerprint density at radius 2 is 2.11 bits per heavy atom. The van der Waals surface area contributed by atoms with E-state index in [-0.39, 0.29) is 11.7 Å². The molecule has 3 aromatic rings. The van der Waals surface area contributed by atoms with Crippen molar-refractivity contribution in [2.45, 2.75) is 4.34 Å². The summed E-state index contributed by atoms with van der Waals surface area (Å²) in [4.78, 5) is 16.2. The molecule has 0 spiro atoms. The Kier molecular flexibility index (Phi) is 6.93. The Morgan fingerprint density at radius 1 is 1.21 bits per heavy atom. The van der Waals surface area contributed by atoms with Crippen LogP contribution < -0.4 is 14.9 Å². The number of thioether (sulfide) groups is 1. The highest BCUT2D eigenvalue weighted by Gasteiger charge is 2.10. The van der Waals surface area contributed by atoms with E-state index in [4.69, 9.17) is 9.47 Å². The van der Waals surface area contributed by atoms with Crippen LogP contribution in [-0.4, -0.2) is 47.3 Å². The first-order chi connectivity index (χ1) is 13.7. The number of nitrogens with zero attached hydrogens (tertiary/aromatic N) is 4. The Balaban J connectivity index is 1.53. The van der Waals surface area contributed by atoms with Gasteiger partial charge in [0.05, 0.1) is 26.2 Å². The molecule has 0 aliphatic rings. The molecule has 0 unspecified atom stereocenters. The largest absolute Gasteiger partial charge is 0.493 e. The first kappa shape index (κ1) is 19.8. The van der Waals surface area contributed by atoms with E-state index in [0.717, 1.165) is 5.69 Å². The highest BCUT2D eigenvalue weighted by atomic mass is 32.2. The molecule has 0 saturated carbocycles. The lowest BCUT2D eigenvalue weighted by molar-refractivity contribution is -0.118. The molecule has 28 heavy (non-hydrogen) atoms. The summed E-state index contributed by atoms with van der Waals surface area (Å²) >= 11 is 2.68. The van der Waals surface area contributed by atoms with E-state index in [1.165, 1.54) is 29.3 Å². The molecule has 8 nitrogen and oxygen atoms in total. The number of hydrazone groups is 1. The number of amides is 1. The Labute approximate surface area is 170 Å². The summed E-state index contributed by atoms with van der Waals surface area (Å²) in [6.07, 6.45) is 3.21. The summed E-state index contributed by atoms with van der Waals surface area (Å²) in [6.45, 7) is 0. The topological polar surface area (TPSA) is 98.6 Å². The van der Waals surface area contributed by atoms with Gasteiger partial charge in [0, 0.05) is 11.8 Å². The normalized spacial score (nSPS) is 10.8. The summed E-state index contributed by atoms with van der Waals surface area (Å²) in [5.74, 6) is 1.06. The average molecular weight is 416 g/mol. The minimum atomic E-state index is -0.252. The fraction of sp³-hybridized carbons (Fsp3) is 0.167. The summed E-state index contributed by atoms with van der Waals surface area (Å²) in [6, 6.07) is 11.0. The highest BCUT2D eigenvalue weighted by Crippen LogP contribution is 2.29. The molecule has 1 aromatic carbocycles. The van der Waals surface area contributed by atoms with Gasteiger partial charge in [-0.2, -0.15) is 5.10 Å². The molecule has 2 heterocycles. The van der Waals surface area contributed by atoms with Crippen molar-refractivity contribution >= 4 is 35.2 Å². The van der Waals surface area contributed by atoms with Gasteiger partial charge in [-0.3, -0.25) is 9.78 Å². The van der Waals surface area contributed by atoms with E-state index in [9.17, 15) is 4.79 Å². The minimum absolute atomic E-state index is 0.170. The number of para-hydroxylation sites is 1. The van der Waals surface area contributed by atoms with Gasteiger partial charge in [-0.1, -0.05) is 35.2 Å². The first-order valence-corrected chi connectivity index (χ1v) is 9.92. The summed E-state index contributed by atoms with van der Waals surface area (Å²) < 4.78 is 11.2. The molecule has 0 radical (unpaired) electrons. The maximum absolute atomic E-state index is 12.0. The Morgan fingerprint density at radius 3 is 2.86 bits per heavy atom. The molecular formula is C18H17N5O3S2. The van der Waals surface area contributed by atoms with Gasteiger partial charge in [-0.05, 0) is 24.3 Å². The van der Waals surface area contributed by atoms with Crippen molar-refractivity contribution in [3.05, 3.63) is 48.2 Å². The van der Waals surface area contributed by atoms with Crippen molar-refractivity contribution in [1.82, 2.24) is 20.6 Å². The van der Waals surface area contributed by atoms with Crippen LogP contribution in [0.2, 0.25) is 0 Å². The van der Waals surface area contributed by atoms with E-state index in [1.54, 1.807) is 26.5 Å². The second-order valence-electron chi connectivity index (χ2n) is 5.25. The zero-order chi connectivity index (χ0) is 19.8. The van der Waals surface area contributed by atoms with E-state index in [0.29, 0.717) is 26.4 Å². The maximum atomic E-state index is 12.0.